The molecule has 3 nitrogen and oxygen atoms in total. The Balaban J connectivity index is 3.04. The van der Waals surface area contributed by atoms with Gasteiger partial charge in [0, 0.05) is 31.9 Å². The third-order valence-corrected chi connectivity index (χ3v) is 3.26. The molecule has 0 fully saturated rings. The summed E-state index contributed by atoms with van der Waals surface area (Å²) < 4.78 is 39.6. The van der Waals surface area contributed by atoms with Crippen LogP contribution in [0.15, 0.2) is 18.2 Å². The summed E-state index contributed by atoms with van der Waals surface area (Å²) in [7, 11) is 5.66. The molecular weight excluding hydrogens is 279 g/mol. The van der Waals surface area contributed by atoms with Crippen molar-refractivity contribution in [2.24, 2.45) is 5.73 Å². The van der Waals surface area contributed by atoms with Gasteiger partial charge in [0.2, 0.25) is 0 Å². The molecule has 1 unspecified atom stereocenters. The van der Waals surface area contributed by atoms with Crippen LogP contribution < -0.4 is 10.6 Å². The second-order valence-corrected chi connectivity index (χ2v) is 5.75. The van der Waals surface area contributed by atoms with E-state index in [9.17, 15) is 13.2 Å². The van der Waals surface area contributed by atoms with E-state index in [0.717, 1.165) is 6.54 Å². The molecule has 0 radical (unpaired) electrons. The predicted octanol–water partition coefficient (Wildman–Crippen LogP) is 2.59. The molecule has 0 saturated carbocycles. The van der Waals surface area contributed by atoms with E-state index in [1.807, 2.05) is 23.9 Å². The Morgan fingerprint density at radius 3 is 2.24 bits per heavy atom. The maximum atomic E-state index is 13.2. The lowest BCUT2D eigenvalue weighted by molar-refractivity contribution is -0.138. The molecule has 0 aromatic heterocycles. The van der Waals surface area contributed by atoms with E-state index >= 15 is 0 Å². The fraction of sp³-hybridized carbons (Fsp3) is 0.600. The van der Waals surface area contributed by atoms with Crippen LogP contribution >= 0.6 is 0 Å². The first-order valence-corrected chi connectivity index (χ1v) is 6.93. The molecule has 0 aliphatic rings. The zero-order valence-electron chi connectivity index (χ0n) is 13.0. The van der Waals surface area contributed by atoms with Crippen LogP contribution in [-0.2, 0) is 12.6 Å². The van der Waals surface area contributed by atoms with E-state index in [1.165, 1.54) is 12.1 Å². The SMILES string of the molecule is CC(N)Cc1ccc(N(C)CCN(C)C)cc1C(F)(F)F. The van der Waals surface area contributed by atoms with Crippen molar-refractivity contribution < 1.29 is 13.2 Å². The second kappa shape index (κ2) is 7.13. The van der Waals surface area contributed by atoms with Crippen LogP contribution in [0.1, 0.15) is 18.1 Å². The molecule has 6 heteroatoms. The fourth-order valence-electron chi connectivity index (χ4n) is 2.07. The molecule has 0 spiro atoms. The zero-order chi connectivity index (χ0) is 16.2. The molecule has 1 aromatic rings. The van der Waals surface area contributed by atoms with Crippen LogP contribution in [0.4, 0.5) is 18.9 Å². The Hall–Kier alpha value is -1.27. The van der Waals surface area contributed by atoms with Crippen molar-refractivity contribution in [2.45, 2.75) is 25.6 Å². The summed E-state index contributed by atoms with van der Waals surface area (Å²) in [5, 5.41) is 0. The van der Waals surface area contributed by atoms with E-state index in [1.54, 1.807) is 20.0 Å². The summed E-state index contributed by atoms with van der Waals surface area (Å²) in [4.78, 5) is 3.82. The lowest BCUT2D eigenvalue weighted by atomic mass is 10.00. The van der Waals surface area contributed by atoms with E-state index in [0.29, 0.717) is 12.2 Å². The minimum Gasteiger partial charge on any atom is -0.373 e. The number of hydrogen-bond acceptors (Lipinski definition) is 3. The maximum Gasteiger partial charge on any atom is 0.416 e. The number of anilines is 1. The molecule has 120 valence electrons. The van der Waals surface area contributed by atoms with Gasteiger partial charge >= 0.3 is 6.18 Å². The number of hydrogen-bond donors (Lipinski definition) is 1. The van der Waals surface area contributed by atoms with Gasteiger partial charge in [-0.25, -0.2) is 0 Å². The normalized spacial score (nSPS) is 13.6. The molecular formula is C15H24F3N3. The highest BCUT2D eigenvalue weighted by molar-refractivity contribution is 5.51. The fourth-order valence-corrected chi connectivity index (χ4v) is 2.07. The van der Waals surface area contributed by atoms with Gasteiger partial charge in [0.05, 0.1) is 5.56 Å². The molecule has 0 amide bonds. The van der Waals surface area contributed by atoms with Crippen LogP contribution in [0.5, 0.6) is 0 Å². The molecule has 0 aliphatic carbocycles. The summed E-state index contributed by atoms with van der Waals surface area (Å²) in [6.45, 7) is 3.15. The standard InChI is InChI=1S/C15H24F3N3/c1-11(19)9-12-5-6-13(10-14(12)15(16,17)18)21(4)8-7-20(2)3/h5-6,10-11H,7-9,19H2,1-4H3. The van der Waals surface area contributed by atoms with Crippen molar-refractivity contribution in [3.05, 3.63) is 29.3 Å². The molecule has 0 bridgehead atoms. The number of benzene rings is 1. The summed E-state index contributed by atoms with van der Waals surface area (Å²) in [5.41, 5.74) is 5.86. The van der Waals surface area contributed by atoms with E-state index in [-0.39, 0.29) is 18.0 Å². The first-order valence-electron chi connectivity index (χ1n) is 6.93. The van der Waals surface area contributed by atoms with Crippen LogP contribution in [0, 0.1) is 0 Å². The summed E-state index contributed by atoms with van der Waals surface area (Å²) >= 11 is 0. The average molecular weight is 303 g/mol. The van der Waals surface area contributed by atoms with E-state index < -0.39 is 11.7 Å². The maximum absolute atomic E-state index is 13.2. The van der Waals surface area contributed by atoms with Crippen LogP contribution in [0.25, 0.3) is 0 Å². The molecule has 0 aliphatic heterocycles. The molecule has 1 rings (SSSR count). The van der Waals surface area contributed by atoms with Crippen LogP contribution in [-0.4, -0.2) is 45.2 Å². The first kappa shape index (κ1) is 17.8. The Bertz CT molecular complexity index is 456. The molecule has 2 N–H and O–H groups in total. The van der Waals surface area contributed by atoms with Crippen molar-refractivity contribution in [1.82, 2.24) is 4.90 Å². The van der Waals surface area contributed by atoms with E-state index in [4.69, 9.17) is 5.73 Å². The molecule has 21 heavy (non-hydrogen) atoms. The number of alkyl halides is 3. The lowest BCUT2D eigenvalue weighted by Crippen LogP contribution is -2.29. The van der Waals surface area contributed by atoms with Gasteiger partial charge in [-0.3, -0.25) is 0 Å². The molecule has 0 heterocycles. The van der Waals surface area contributed by atoms with E-state index in [2.05, 4.69) is 0 Å². The van der Waals surface area contributed by atoms with Gasteiger partial charge in [-0.2, -0.15) is 13.2 Å². The zero-order valence-corrected chi connectivity index (χ0v) is 13.0. The minimum absolute atomic E-state index is 0.219. The highest BCUT2D eigenvalue weighted by Crippen LogP contribution is 2.35. The minimum atomic E-state index is -4.36. The molecule has 1 atom stereocenters. The quantitative estimate of drug-likeness (QED) is 0.877. The van der Waals surface area contributed by atoms with Crippen molar-refractivity contribution in [1.29, 1.82) is 0 Å². The number of likely N-dealkylation sites (N-methyl/N-ethyl adjacent to an activating group) is 2. The number of halogens is 3. The summed E-state index contributed by atoms with van der Waals surface area (Å²) in [6, 6.07) is 4.17. The Morgan fingerprint density at radius 1 is 1.14 bits per heavy atom. The summed E-state index contributed by atoms with van der Waals surface area (Å²) in [6.07, 6.45) is -4.14. The smallest absolute Gasteiger partial charge is 0.373 e. The van der Waals surface area contributed by atoms with Gasteiger partial charge in [0.15, 0.2) is 0 Å². The van der Waals surface area contributed by atoms with Crippen LogP contribution in [0.2, 0.25) is 0 Å². The van der Waals surface area contributed by atoms with Gasteiger partial charge in [0.1, 0.15) is 0 Å². The largest absolute Gasteiger partial charge is 0.416 e. The van der Waals surface area contributed by atoms with Gasteiger partial charge in [-0.05, 0) is 45.1 Å². The number of nitrogens with two attached hydrogens (primary N) is 1. The Morgan fingerprint density at radius 2 is 1.76 bits per heavy atom. The number of nitrogens with zero attached hydrogens (tertiary/aromatic N) is 2. The third kappa shape index (κ3) is 5.55. The monoisotopic (exact) mass is 303 g/mol. The summed E-state index contributed by atoms with van der Waals surface area (Å²) in [5.74, 6) is 0. The highest BCUT2D eigenvalue weighted by atomic mass is 19.4. The highest BCUT2D eigenvalue weighted by Gasteiger charge is 2.33. The molecule has 0 saturated heterocycles. The lowest BCUT2D eigenvalue weighted by Gasteiger charge is -2.24. The van der Waals surface area contributed by atoms with Gasteiger partial charge in [0.25, 0.3) is 0 Å². The van der Waals surface area contributed by atoms with Crippen LogP contribution in [0.3, 0.4) is 0 Å². The van der Waals surface area contributed by atoms with Crippen molar-refractivity contribution >= 4 is 5.69 Å². The average Bonchev–Trinajstić information content (AvgIpc) is 2.34. The van der Waals surface area contributed by atoms with Gasteiger partial charge in [-0.1, -0.05) is 6.07 Å². The van der Waals surface area contributed by atoms with Gasteiger partial charge in [-0.15, -0.1) is 0 Å². The van der Waals surface area contributed by atoms with Gasteiger partial charge < -0.3 is 15.5 Å². The second-order valence-electron chi connectivity index (χ2n) is 5.75. The van der Waals surface area contributed by atoms with Crippen molar-refractivity contribution in [3.8, 4) is 0 Å². The predicted molar refractivity (Wildman–Crippen MR) is 80.6 cm³/mol. The van der Waals surface area contributed by atoms with Crippen molar-refractivity contribution in [2.75, 3.05) is 39.1 Å². The Labute approximate surface area is 124 Å². The number of rotatable bonds is 6. The first-order chi connectivity index (χ1) is 9.61. The Kier molecular flexibility index (Phi) is 6.04. The van der Waals surface area contributed by atoms with Crippen molar-refractivity contribution in [3.63, 3.8) is 0 Å². The molecule has 1 aromatic carbocycles. The third-order valence-electron chi connectivity index (χ3n) is 3.26. The topological polar surface area (TPSA) is 32.5 Å².